The summed E-state index contributed by atoms with van der Waals surface area (Å²) in [5, 5.41) is 0. The highest BCUT2D eigenvalue weighted by Gasteiger charge is 2.05. The molecule has 0 saturated carbocycles. The Morgan fingerprint density at radius 3 is 2.44 bits per heavy atom. The highest BCUT2D eigenvalue weighted by Crippen LogP contribution is 2.22. The second-order valence-corrected chi connectivity index (χ2v) is 5.46. The Hall–Kier alpha value is -0.940. The van der Waals surface area contributed by atoms with Crippen LogP contribution in [0.2, 0.25) is 0 Å². The fourth-order valence-electron chi connectivity index (χ4n) is 1.43. The van der Waals surface area contributed by atoms with E-state index in [2.05, 4.69) is 31.9 Å². The Bertz CT molecular complexity index is 553. The summed E-state index contributed by atoms with van der Waals surface area (Å²) in [4.78, 5) is 0. The van der Waals surface area contributed by atoms with E-state index in [1.54, 1.807) is 18.2 Å². The van der Waals surface area contributed by atoms with Crippen LogP contribution in [0.25, 0.3) is 0 Å². The molecule has 5 heteroatoms. The summed E-state index contributed by atoms with van der Waals surface area (Å²) in [7, 11) is 0. The van der Waals surface area contributed by atoms with E-state index in [1.807, 2.05) is 0 Å². The standard InChI is InChI=1S/C13H8Br2F2O/c14-9-1-2-13(17)8(3-9)7-18-12-5-10(15)4-11(16)6-12/h1-6H,7H2. The van der Waals surface area contributed by atoms with Gasteiger partial charge in [0.05, 0.1) is 0 Å². The lowest BCUT2D eigenvalue weighted by atomic mass is 10.2. The zero-order chi connectivity index (χ0) is 13.1. The summed E-state index contributed by atoms with van der Waals surface area (Å²) in [6.07, 6.45) is 0. The smallest absolute Gasteiger partial charge is 0.129 e. The van der Waals surface area contributed by atoms with Gasteiger partial charge in [-0.05, 0) is 30.3 Å². The predicted octanol–water partition coefficient (Wildman–Crippen LogP) is 5.07. The van der Waals surface area contributed by atoms with Crippen LogP contribution in [0.1, 0.15) is 5.56 Å². The van der Waals surface area contributed by atoms with Crippen LogP contribution >= 0.6 is 31.9 Å². The summed E-state index contributed by atoms with van der Waals surface area (Å²) >= 11 is 6.42. The number of rotatable bonds is 3. The van der Waals surface area contributed by atoms with E-state index in [1.165, 1.54) is 18.2 Å². The quantitative estimate of drug-likeness (QED) is 0.725. The van der Waals surface area contributed by atoms with Crippen molar-refractivity contribution < 1.29 is 13.5 Å². The monoisotopic (exact) mass is 376 g/mol. The summed E-state index contributed by atoms with van der Waals surface area (Å²) in [6.45, 7) is 0.0428. The van der Waals surface area contributed by atoms with Crippen LogP contribution in [-0.2, 0) is 6.61 Å². The third kappa shape index (κ3) is 3.53. The summed E-state index contributed by atoms with van der Waals surface area (Å²) in [6, 6.07) is 8.79. The molecule has 0 aromatic heterocycles. The van der Waals surface area contributed by atoms with E-state index >= 15 is 0 Å². The fraction of sp³-hybridized carbons (Fsp3) is 0.0769. The minimum Gasteiger partial charge on any atom is -0.489 e. The third-order valence-corrected chi connectivity index (χ3v) is 3.19. The lowest BCUT2D eigenvalue weighted by Gasteiger charge is -2.08. The van der Waals surface area contributed by atoms with Gasteiger partial charge in [0.25, 0.3) is 0 Å². The second-order valence-electron chi connectivity index (χ2n) is 3.63. The first-order valence-corrected chi connectivity index (χ1v) is 6.66. The molecule has 0 bridgehead atoms. The molecule has 2 rings (SSSR count). The van der Waals surface area contributed by atoms with Gasteiger partial charge >= 0.3 is 0 Å². The van der Waals surface area contributed by atoms with Gasteiger partial charge in [0, 0.05) is 20.6 Å². The first-order valence-electron chi connectivity index (χ1n) is 5.07. The van der Waals surface area contributed by atoms with Gasteiger partial charge in [-0.3, -0.25) is 0 Å². The number of benzene rings is 2. The van der Waals surface area contributed by atoms with E-state index in [-0.39, 0.29) is 12.4 Å². The maximum Gasteiger partial charge on any atom is 0.129 e. The minimum absolute atomic E-state index is 0.0428. The first kappa shape index (κ1) is 13.5. The average molecular weight is 378 g/mol. The molecule has 0 aliphatic heterocycles. The van der Waals surface area contributed by atoms with Crippen molar-refractivity contribution in [1.82, 2.24) is 0 Å². The summed E-state index contributed by atoms with van der Waals surface area (Å²) in [5.41, 5.74) is 0.407. The Kier molecular flexibility index (Phi) is 4.35. The molecule has 1 nitrogen and oxygen atoms in total. The van der Waals surface area contributed by atoms with Gasteiger partial charge in [0.15, 0.2) is 0 Å². The van der Waals surface area contributed by atoms with Crippen LogP contribution in [0.4, 0.5) is 8.78 Å². The van der Waals surface area contributed by atoms with Crippen molar-refractivity contribution in [3.63, 3.8) is 0 Å². The largest absolute Gasteiger partial charge is 0.489 e. The Morgan fingerprint density at radius 1 is 0.944 bits per heavy atom. The molecule has 0 radical (unpaired) electrons. The lowest BCUT2D eigenvalue weighted by Crippen LogP contribution is -1.99. The summed E-state index contributed by atoms with van der Waals surface area (Å²) in [5.74, 6) is -0.413. The van der Waals surface area contributed by atoms with Gasteiger partial charge in [0.1, 0.15) is 24.0 Å². The van der Waals surface area contributed by atoms with E-state index in [0.29, 0.717) is 15.8 Å². The molecule has 94 valence electrons. The fourth-order valence-corrected chi connectivity index (χ4v) is 2.28. The zero-order valence-corrected chi connectivity index (χ0v) is 12.3. The molecule has 0 aliphatic rings. The second kappa shape index (κ2) is 5.80. The van der Waals surface area contributed by atoms with Gasteiger partial charge in [-0.25, -0.2) is 8.78 Å². The molecular weight excluding hydrogens is 370 g/mol. The van der Waals surface area contributed by atoms with Gasteiger partial charge in [-0.15, -0.1) is 0 Å². The number of hydrogen-bond donors (Lipinski definition) is 0. The zero-order valence-electron chi connectivity index (χ0n) is 9.09. The van der Waals surface area contributed by atoms with E-state index in [9.17, 15) is 8.78 Å². The normalized spacial score (nSPS) is 10.4. The van der Waals surface area contributed by atoms with Crippen molar-refractivity contribution >= 4 is 31.9 Å². The first-order chi connectivity index (χ1) is 8.54. The van der Waals surface area contributed by atoms with Crippen LogP contribution in [0.3, 0.4) is 0 Å². The van der Waals surface area contributed by atoms with Crippen molar-refractivity contribution in [3.05, 3.63) is 62.5 Å². The molecule has 0 atom stereocenters. The van der Waals surface area contributed by atoms with Gasteiger partial charge < -0.3 is 4.74 Å². The van der Waals surface area contributed by atoms with Crippen molar-refractivity contribution in [1.29, 1.82) is 0 Å². The van der Waals surface area contributed by atoms with Crippen molar-refractivity contribution in [3.8, 4) is 5.75 Å². The number of halogens is 4. The molecule has 0 spiro atoms. The predicted molar refractivity (Wildman–Crippen MR) is 72.5 cm³/mol. The molecular formula is C13H8Br2F2O. The molecule has 0 saturated heterocycles. The minimum atomic E-state index is -0.408. The Labute approximate surface area is 120 Å². The highest BCUT2D eigenvalue weighted by atomic mass is 79.9. The molecule has 18 heavy (non-hydrogen) atoms. The van der Waals surface area contributed by atoms with Crippen LogP contribution in [0.15, 0.2) is 45.3 Å². The highest BCUT2D eigenvalue weighted by molar-refractivity contribution is 9.10. The molecule has 2 aromatic carbocycles. The molecule has 0 N–H and O–H groups in total. The van der Waals surface area contributed by atoms with E-state index in [0.717, 1.165) is 4.47 Å². The maximum absolute atomic E-state index is 13.4. The van der Waals surface area contributed by atoms with Crippen LogP contribution in [0, 0.1) is 11.6 Å². The number of ether oxygens (including phenoxy) is 1. The molecule has 0 fully saturated rings. The molecule has 0 heterocycles. The van der Waals surface area contributed by atoms with Crippen molar-refractivity contribution in [2.75, 3.05) is 0 Å². The molecule has 0 aliphatic carbocycles. The van der Waals surface area contributed by atoms with E-state index in [4.69, 9.17) is 4.74 Å². The third-order valence-electron chi connectivity index (χ3n) is 2.24. The molecule has 0 amide bonds. The van der Waals surface area contributed by atoms with Crippen LogP contribution in [-0.4, -0.2) is 0 Å². The van der Waals surface area contributed by atoms with Crippen molar-refractivity contribution in [2.45, 2.75) is 6.61 Å². The average Bonchev–Trinajstić information content (AvgIpc) is 2.29. The lowest BCUT2D eigenvalue weighted by molar-refractivity contribution is 0.298. The van der Waals surface area contributed by atoms with Crippen LogP contribution < -0.4 is 4.74 Å². The van der Waals surface area contributed by atoms with Gasteiger partial charge in [-0.2, -0.15) is 0 Å². The number of hydrogen-bond acceptors (Lipinski definition) is 1. The van der Waals surface area contributed by atoms with E-state index < -0.39 is 5.82 Å². The topological polar surface area (TPSA) is 9.23 Å². The maximum atomic E-state index is 13.4. The Balaban J connectivity index is 2.13. The van der Waals surface area contributed by atoms with Crippen molar-refractivity contribution in [2.24, 2.45) is 0 Å². The summed E-state index contributed by atoms with van der Waals surface area (Å²) < 4.78 is 33.3. The van der Waals surface area contributed by atoms with Gasteiger partial charge in [-0.1, -0.05) is 31.9 Å². The van der Waals surface area contributed by atoms with Gasteiger partial charge in [0.2, 0.25) is 0 Å². The molecule has 0 unspecified atom stereocenters. The Morgan fingerprint density at radius 2 is 1.72 bits per heavy atom. The van der Waals surface area contributed by atoms with Crippen LogP contribution in [0.5, 0.6) is 5.75 Å². The SMILES string of the molecule is Fc1cc(Br)cc(OCc2cc(Br)ccc2F)c1. The molecule has 2 aromatic rings.